The van der Waals surface area contributed by atoms with Crippen molar-refractivity contribution in [3.05, 3.63) is 84.7 Å². The Morgan fingerprint density at radius 3 is 2.30 bits per heavy atom. The summed E-state index contributed by atoms with van der Waals surface area (Å²) in [5.74, 6) is -0.450. The summed E-state index contributed by atoms with van der Waals surface area (Å²) in [5.41, 5.74) is 2.88. The summed E-state index contributed by atoms with van der Waals surface area (Å²) in [6.07, 6.45) is 2.58. The van der Waals surface area contributed by atoms with Crippen LogP contribution < -0.4 is 10.2 Å². The Bertz CT molecular complexity index is 1040. The van der Waals surface area contributed by atoms with Crippen LogP contribution in [0.1, 0.15) is 12.1 Å². The van der Waals surface area contributed by atoms with Gasteiger partial charge >= 0.3 is 0 Å². The molecule has 4 rings (SSSR count). The predicted molar refractivity (Wildman–Crippen MR) is 114 cm³/mol. The number of pyridine rings is 1. The van der Waals surface area contributed by atoms with E-state index in [1.54, 1.807) is 30.5 Å². The summed E-state index contributed by atoms with van der Waals surface area (Å²) < 4.78 is 0. The zero-order valence-electron chi connectivity index (χ0n) is 16.3. The van der Waals surface area contributed by atoms with E-state index in [0.717, 1.165) is 11.4 Å². The second kappa shape index (κ2) is 9.19. The van der Waals surface area contributed by atoms with Gasteiger partial charge in [-0.25, -0.2) is 4.90 Å². The van der Waals surface area contributed by atoms with E-state index in [1.165, 1.54) is 4.90 Å². The summed E-state index contributed by atoms with van der Waals surface area (Å²) in [6.45, 7) is 0.577. The van der Waals surface area contributed by atoms with Gasteiger partial charge < -0.3 is 5.32 Å². The van der Waals surface area contributed by atoms with Crippen LogP contribution in [0.3, 0.4) is 0 Å². The summed E-state index contributed by atoms with van der Waals surface area (Å²) >= 11 is 0. The van der Waals surface area contributed by atoms with Crippen LogP contribution >= 0.6 is 0 Å². The Morgan fingerprint density at radius 2 is 1.60 bits per heavy atom. The molecule has 1 atom stereocenters. The van der Waals surface area contributed by atoms with Crippen molar-refractivity contribution in [2.45, 2.75) is 18.9 Å². The number of azo groups is 1. The average Bonchev–Trinajstić information content (AvgIpc) is 3.07. The number of amides is 2. The van der Waals surface area contributed by atoms with E-state index in [0.29, 0.717) is 24.3 Å². The van der Waals surface area contributed by atoms with Gasteiger partial charge in [-0.3, -0.25) is 14.6 Å². The minimum Gasteiger partial charge on any atom is -0.305 e. The largest absolute Gasteiger partial charge is 0.305 e. The third-order valence-electron chi connectivity index (χ3n) is 4.79. The molecule has 1 aliphatic heterocycles. The van der Waals surface area contributed by atoms with Crippen molar-refractivity contribution in [3.8, 4) is 0 Å². The second-order valence-corrected chi connectivity index (χ2v) is 6.90. The fourth-order valence-electron chi connectivity index (χ4n) is 3.26. The molecule has 0 spiro atoms. The Morgan fingerprint density at radius 1 is 0.900 bits per heavy atom. The molecule has 0 unspecified atom stereocenters. The molecule has 1 aliphatic rings. The third kappa shape index (κ3) is 4.64. The smallest absolute Gasteiger partial charge is 0.251 e. The van der Waals surface area contributed by atoms with Gasteiger partial charge in [-0.15, -0.1) is 0 Å². The number of aromatic nitrogens is 1. The van der Waals surface area contributed by atoms with Crippen LogP contribution in [0.25, 0.3) is 0 Å². The highest BCUT2D eigenvalue weighted by atomic mass is 16.2. The van der Waals surface area contributed by atoms with Crippen molar-refractivity contribution in [3.63, 3.8) is 0 Å². The van der Waals surface area contributed by atoms with Gasteiger partial charge in [-0.2, -0.15) is 10.2 Å². The van der Waals surface area contributed by atoms with Gasteiger partial charge in [0.25, 0.3) is 5.91 Å². The van der Waals surface area contributed by atoms with E-state index < -0.39 is 6.04 Å². The first-order valence-electron chi connectivity index (χ1n) is 9.78. The molecule has 3 aromatic rings. The summed E-state index contributed by atoms with van der Waals surface area (Å²) in [6, 6.07) is 21.5. The molecular formula is C23H21N5O2. The number of rotatable bonds is 7. The molecule has 1 fully saturated rings. The van der Waals surface area contributed by atoms with Gasteiger partial charge in [0.05, 0.1) is 29.5 Å². The molecule has 7 heteroatoms. The Kier molecular flexibility index (Phi) is 6.01. The van der Waals surface area contributed by atoms with Crippen LogP contribution in [-0.2, 0) is 16.0 Å². The van der Waals surface area contributed by atoms with Crippen LogP contribution in [-0.4, -0.2) is 29.4 Å². The van der Waals surface area contributed by atoms with Crippen molar-refractivity contribution in [2.24, 2.45) is 10.2 Å². The lowest BCUT2D eigenvalue weighted by Gasteiger charge is -2.15. The molecule has 30 heavy (non-hydrogen) atoms. The number of anilines is 1. The Labute approximate surface area is 174 Å². The minimum atomic E-state index is -0.515. The number of nitrogens with one attached hydrogen (secondary N) is 1. The van der Waals surface area contributed by atoms with E-state index in [-0.39, 0.29) is 18.2 Å². The van der Waals surface area contributed by atoms with Crippen LogP contribution in [0.5, 0.6) is 0 Å². The predicted octanol–water partition coefficient (Wildman–Crippen LogP) is 3.96. The van der Waals surface area contributed by atoms with Crippen LogP contribution in [0.2, 0.25) is 0 Å². The second-order valence-electron chi connectivity index (χ2n) is 6.90. The van der Waals surface area contributed by atoms with Crippen molar-refractivity contribution >= 4 is 28.9 Å². The average molecular weight is 399 g/mol. The number of carbonyl (C=O) groups excluding carboxylic acids is 2. The molecule has 0 radical (unpaired) electrons. The first-order valence-corrected chi connectivity index (χ1v) is 9.78. The van der Waals surface area contributed by atoms with Crippen molar-refractivity contribution in [1.82, 2.24) is 10.3 Å². The lowest BCUT2D eigenvalue weighted by molar-refractivity contribution is -0.121. The number of hydrogen-bond donors (Lipinski definition) is 1. The first kappa shape index (κ1) is 19.6. The molecule has 150 valence electrons. The number of benzene rings is 2. The normalized spacial score (nSPS) is 16.5. The lowest BCUT2D eigenvalue weighted by Crippen LogP contribution is -2.39. The first-order chi connectivity index (χ1) is 14.7. The van der Waals surface area contributed by atoms with E-state index in [9.17, 15) is 9.59 Å². The highest BCUT2D eigenvalue weighted by Crippen LogP contribution is 2.26. The molecule has 1 N–H and O–H groups in total. The molecule has 0 aliphatic carbocycles. The quantitative estimate of drug-likeness (QED) is 0.481. The van der Waals surface area contributed by atoms with Gasteiger partial charge in [0.15, 0.2) is 0 Å². The fourth-order valence-corrected chi connectivity index (χ4v) is 3.26. The highest BCUT2D eigenvalue weighted by Gasteiger charge is 2.39. The van der Waals surface area contributed by atoms with Gasteiger partial charge in [-0.1, -0.05) is 24.3 Å². The van der Waals surface area contributed by atoms with E-state index in [2.05, 4.69) is 20.5 Å². The molecule has 0 bridgehead atoms. The van der Waals surface area contributed by atoms with Crippen molar-refractivity contribution in [2.75, 3.05) is 11.4 Å². The maximum absolute atomic E-state index is 12.7. The number of hydrogen-bond acceptors (Lipinski definition) is 6. The Balaban J connectivity index is 1.37. The molecule has 0 saturated carbocycles. The molecule has 2 aromatic carbocycles. The van der Waals surface area contributed by atoms with Gasteiger partial charge in [0.1, 0.15) is 0 Å². The number of nitrogens with zero attached hydrogens (tertiary/aromatic N) is 4. The zero-order valence-corrected chi connectivity index (χ0v) is 16.3. The Hall–Kier alpha value is -3.71. The van der Waals surface area contributed by atoms with Crippen LogP contribution in [0, 0.1) is 0 Å². The number of carbonyl (C=O) groups is 2. The lowest BCUT2D eigenvalue weighted by atomic mass is 10.2. The molecule has 1 aromatic heterocycles. The van der Waals surface area contributed by atoms with E-state index >= 15 is 0 Å². The molecule has 7 nitrogen and oxygen atoms in total. The highest BCUT2D eigenvalue weighted by molar-refractivity contribution is 6.22. The number of imide groups is 1. The monoisotopic (exact) mass is 399 g/mol. The fraction of sp³-hybridized carbons (Fsp3) is 0.174. The van der Waals surface area contributed by atoms with E-state index in [1.807, 2.05) is 48.5 Å². The standard InChI is InChI=1S/C23H21N5O2/c29-22-16-21(25-15-13-17-6-4-5-14-24-17)23(30)28(22)20-11-9-19(10-12-20)27-26-18-7-2-1-3-8-18/h1-12,14,21,25H,13,15-16H2/t21-/m1/s1. The maximum Gasteiger partial charge on any atom is 0.251 e. The van der Waals surface area contributed by atoms with Crippen LogP contribution in [0.15, 0.2) is 89.2 Å². The van der Waals surface area contributed by atoms with Crippen molar-refractivity contribution in [1.29, 1.82) is 0 Å². The molecule has 2 amide bonds. The molecule has 2 heterocycles. The van der Waals surface area contributed by atoms with Crippen molar-refractivity contribution < 1.29 is 9.59 Å². The van der Waals surface area contributed by atoms with Gasteiger partial charge in [-0.05, 0) is 48.5 Å². The SMILES string of the molecule is O=C1C[C@@H](NCCc2ccccn2)C(=O)N1c1ccc(N=Nc2ccccc2)cc1. The zero-order chi connectivity index (χ0) is 20.8. The van der Waals surface area contributed by atoms with Crippen LogP contribution in [0.4, 0.5) is 17.1 Å². The summed E-state index contributed by atoms with van der Waals surface area (Å²) in [5, 5.41) is 11.5. The van der Waals surface area contributed by atoms with Gasteiger partial charge in [0, 0.05) is 24.9 Å². The topological polar surface area (TPSA) is 87.0 Å². The third-order valence-corrected chi connectivity index (χ3v) is 4.79. The minimum absolute atomic E-state index is 0.149. The molecular weight excluding hydrogens is 378 g/mol. The van der Waals surface area contributed by atoms with E-state index in [4.69, 9.17) is 0 Å². The summed E-state index contributed by atoms with van der Waals surface area (Å²) in [7, 11) is 0. The maximum atomic E-state index is 12.7. The van der Waals surface area contributed by atoms with Gasteiger partial charge in [0.2, 0.25) is 5.91 Å². The summed E-state index contributed by atoms with van der Waals surface area (Å²) in [4.78, 5) is 30.7. The molecule has 1 saturated heterocycles.